The van der Waals surface area contributed by atoms with E-state index in [1.807, 2.05) is 40.8 Å². The Morgan fingerprint density at radius 3 is 2.56 bits per heavy atom. The third kappa shape index (κ3) is 2.72. The van der Waals surface area contributed by atoms with Crippen LogP contribution < -0.4 is 4.74 Å². The van der Waals surface area contributed by atoms with Gasteiger partial charge in [0.2, 0.25) is 5.88 Å². The number of fused-ring (bicyclic) bond motifs is 1. The van der Waals surface area contributed by atoms with Crippen molar-refractivity contribution in [2.75, 3.05) is 0 Å². The maximum absolute atomic E-state index is 5.46. The van der Waals surface area contributed by atoms with Crippen LogP contribution in [0.5, 0.6) is 5.88 Å². The van der Waals surface area contributed by atoms with Crippen LogP contribution in [-0.2, 0) is 0 Å². The first kappa shape index (κ1) is 12.5. The van der Waals surface area contributed by atoms with Crippen molar-refractivity contribution >= 4 is 5.52 Å². The van der Waals surface area contributed by atoms with Gasteiger partial charge in [-0.1, -0.05) is 13.8 Å². The Hall–Kier alpha value is -1.58. The summed E-state index contributed by atoms with van der Waals surface area (Å²) in [6, 6.07) is 0. The van der Waals surface area contributed by atoms with Crippen molar-refractivity contribution in [1.82, 2.24) is 14.6 Å². The maximum atomic E-state index is 5.46. The van der Waals surface area contributed by atoms with Gasteiger partial charge in [0.15, 0.2) is 0 Å². The molecule has 16 heavy (non-hydrogen) atoms. The minimum Gasteiger partial charge on any atom is -0.474 e. The van der Waals surface area contributed by atoms with E-state index in [0.29, 0.717) is 5.88 Å². The molecule has 88 valence electrons. The van der Waals surface area contributed by atoms with Crippen molar-refractivity contribution in [3.63, 3.8) is 0 Å². The molecular formula is C12H19N3O. The molecule has 0 aromatic carbocycles. The normalized spacial score (nSPS) is 10.1. The van der Waals surface area contributed by atoms with Crippen LogP contribution in [0.2, 0.25) is 0 Å². The lowest BCUT2D eigenvalue weighted by Crippen LogP contribution is -2.07. The monoisotopic (exact) mass is 221 g/mol. The fraction of sp³-hybridized carbons (Fsp3) is 0.500. The Balaban J connectivity index is 0.000000606. The summed E-state index contributed by atoms with van der Waals surface area (Å²) in [4.78, 5) is 4.20. The number of nitrogens with zero attached hydrogens (tertiary/aromatic N) is 3. The van der Waals surface area contributed by atoms with Gasteiger partial charge >= 0.3 is 0 Å². The van der Waals surface area contributed by atoms with E-state index in [4.69, 9.17) is 4.74 Å². The van der Waals surface area contributed by atoms with Gasteiger partial charge in [-0.2, -0.15) is 5.10 Å². The number of hydrogen-bond donors (Lipinski definition) is 0. The molecular weight excluding hydrogens is 202 g/mol. The van der Waals surface area contributed by atoms with Crippen molar-refractivity contribution in [3.05, 3.63) is 24.2 Å². The molecule has 0 radical (unpaired) electrons. The quantitative estimate of drug-likeness (QED) is 0.782. The van der Waals surface area contributed by atoms with E-state index in [1.54, 1.807) is 16.9 Å². The first-order valence-corrected chi connectivity index (χ1v) is 5.63. The van der Waals surface area contributed by atoms with Crippen LogP contribution in [0, 0.1) is 6.92 Å². The van der Waals surface area contributed by atoms with Gasteiger partial charge in [-0.05, 0) is 26.3 Å². The summed E-state index contributed by atoms with van der Waals surface area (Å²) in [5.74, 6) is 0.607. The molecule has 0 aliphatic heterocycles. The molecule has 4 heteroatoms. The summed E-state index contributed by atoms with van der Waals surface area (Å²) in [6.07, 6.45) is 5.52. The molecule has 0 amide bonds. The van der Waals surface area contributed by atoms with Crippen LogP contribution >= 0.6 is 0 Å². The molecule has 2 aromatic rings. The molecule has 0 bridgehead atoms. The summed E-state index contributed by atoms with van der Waals surface area (Å²) >= 11 is 0. The molecule has 0 saturated heterocycles. The highest BCUT2D eigenvalue weighted by molar-refractivity contribution is 5.51. The summed E-state index contributed by atoms with van der Waals surface area (Å²) in [5, 5.41) is 4.18. The number of hydrogen-bond acceptors (Lipinski definition) is 3. The minimum absolute atomic E-state index is 0.136. The van der Waals surface area contributed by atoms with Crippen molar-refractivity contribution in [3.8, 4) is 5.88 Å². The maximum Gasteiger partial charge on any atom is 0.232 e. The SMILES string of the molecule is CC.Cc1cnn2cc(OC(C)C)ncc12. The average molecular weight is 221 g/mol. The molecule has 4 nitrogen and oxygen atoms in total. The number of aromatic nitrogens is 3. The Bertz CT molecular complexity index is 448. The number of ether oxygens (including phenoxy) is 1. The number of aryl methyl sites for hydroxylation is 1. The Morgan fingerprint density at radius 2 is 1.94 bits per heavy atom. The minimum atomic E-state index is 0.136. The van der Waals surface area contributed by atoms with Gasteiger partial charge in [-0.15, -0.1) is 0 Å². The van der Waals surface area contributed by atoms with E-state index in [-0.39, 0.29) is 6.10 Å². The predicted molar refractivity (Wildman–Crippen MR) is 64.8 cm³/mol. The van der Waals surface area contributed by atoms with Gasteiger partial charge < -0.3 is 4.74 Å². The smallest absolute Gasteiger partial charge is 0.232 e. The third-order valence-corrected chi connectivity index (χ3v) is 1.93. The Labute approximate surface area is 96.3 Å². The third-order valence-electron chi connectivity index (χ3n) is 1.93. The first-order chi connectivity index (χ1) is 7.66. The van der Waals surface area contributed by atoms with E-state index >= 15 is 0 Å². The lowest BCUT2D eigenvalue weighted by atomic mass is 10.3. The van der Waals surface area contributed by atoms with Gasteiger partial charge in [-0.3, -0.25) is 0 Å². The molecule has 0 atom stereocenters. The molecule has 2 heterocycles. The highest BCUT2D eigenvalue weighted by Crippen LogP contribution is 2.12. The van der Waals surface area contributed by atoms with Gasteiger partial charge in [0.05, 0.1) is 30.2 Å². The molecule has 0 spiro atoms. The zero-order valence-electron chi connectivity index (χ0n) is 10.6. The highest BCUT2D eigenvalue weighted by Gasteiger charge is 2.03. The van der Waals surface area contributed by atoms with Gasteiger partial charge in [0.25, 0.3) is 0 Å². The lowest BCUT2D eigenvalue weighted by molar-refractivity contribution is 0.231. The van der Waals surface area contributed by atoms with Crippen molar-refractivity contribution in [2.45, 2.75) is 40.7 Å². The first-order valence-electron chi connectivity index (χ1n) is 5.63. The van der Waals surface area contributed by atoms with E-state index < -0.39 is 0 Å². The molecule has 2 rings (SSSR count). The summed E-state index contributed by atoms with van der Waals surface area (Å²) in [5.41, 5.74) is 2.13. The molecule has 0 fully saturated rings. The van der Waals surface area contributed by atoms with E-state index in [2.05, 4.69) is 10.1 Å². The van der Waals surface area contributed by atoms with Crippen LogP contribution in [-0.4, -0.2) is 20.7 Å². The molecule has 0 unspecified atom stereocenters. The van der Waals surface area contributed by atoms with Crippen molar-refractivity contribution in [1.29, 1.82) is 0 Å². The van der Waals surface area contributed by atoms with E-state index in [1.165, 1.54) is 0 Å². The summed E-state index contributed by atoms with van der Waals surface area (Å²) < 4.78 is 7.24. The Kier molecular flexibility index (Phi) is 4.28. The van der Waals surface area contributed by atoms with Crippen molar-refractivity contribution in [2.24, 2.45) is 0 Å². The van der Waals surface area contributed by atoms with Crippen LogP contribution in [0.1, 0.15) is 33.3 Å². The molecule has 0 aliphatic rings. The van der Waals surface area contributed by atoms with Gasteiger partial charge in [0, 0.05) is 0 Å². The van der Waals surface area contributed by atoms with E-state index in [9.17, 15) is 0 Å². The second-order valence-electron chi connectivity index (χ2n) is 3.55. The van der Waals surface area contributed by atoms with Gasteiger partial charge in [0.1, 0.15) is 0 Å². The standard InChI is InChI=1S/C10H13N3O.C2H6/c1-7(2)14-10-6-13-9(5-11-10)8(3)4-12-13;1-2/h4-7H,1-3H3;1-2H3. The second kappa shape index (κ2) is 5.49. The largest absolute Gasteiger partial charge is 0.474 e. The second-order valence-corrected chi connectivity index (χ2v) is 3.55. The van der Waals surface area contributed by atoms with Crippen molar-refractivity contribution < 1.29 is 4.74 Å². The fourth-order valence-electron chi connectivity index (χ4n) is 1.29. The van der Waals surface area contributed by atoms with Crippen LogP contribution in [0.25, 0.3) is 5.52 Å². The summed E-state index contributed by atoms with van der Waals surface area (Å²) in [6.45, 7) is 9.95. The topological polar surface area (TPSA) is 39.4 Å². The molecule has 0 aliphatic carbocycles. The lowest BCUT2D eigenvalue weighted by Gasteiger charge is -2.07. The zero-order valence-corrected chi connectivity index (χ0v) is 10.6. The van der Waals surface area contributed by atoms with Gasteiger partial charge in [-0.25, -0.2) is 9.50 Å². The highest BCUT2D eigenvalue weighted by atomic mass is 16.5. The van der Waals surface area contributed by atoms with E-state index in [0.717, 1.165) is 11.1 Å². The number of rotatable bonds is 2. The molecule has 0 saturated carbocycles. The Morgan fingerprint density at radius 1 is 1.25 bits per heavy atom. The fourth-order valence-corrected chi connectivity index (χ4v) is 1.29. The predicted octanol–water partition coefficient (Wildman–Crippen LogP) is 2.85. The summed E-state index contributed by atoms with van der Waals surface area (Å²) in [7, 11) is 0. The molecule has 2 aromatic heterocycles. The molecule has 0 N–H and O–H groups in total. The average Bonchev–Trinajstić information content (AvgIpc) is 2.62. The van der Waals surface area contributed by atoms with Crippen LogP contribution in [0.3, 0.4) is 0 Å². The van der Waals surface area contributed by atoms with Crippen LogP contribution in [0.4, 0.5) is 0 Å². The van der Waals surface area contributed by atoms with Crippen LogP contribution in [0.15, 0.2) is 18.6 Å². The zero-order chi connectivity index (χ0) is 12.1.